The van der Waals surface area contributed by atoms with Crippen LogP contribution in [0.1, 0.15) is 33.4 Å². The van der Waals surface area contributed by atoms with Crippen LogP contribution in [0.4, 0.5) is 5.82 Å². The molecule has 0 aliphatic carbocycles. The fourth-order valence-electron chi connectivity index (χ4n) is 2.89. The zero-order valence-electron chi connectivity index (χ0n) is 17.0. The molecule has 3 atom stereocenters. The number of hydrogen-bond acceptors (Lipinski definition) is 9. The summed E-state index contributed by atoms with van der Waals surface area (Å²) in [4.78, 5) is 26.5. The number of aromatic nitrogens is 4. The van der Waals surface area contributed by atoms with Crippen LogP contribution in [0.25, 0.3) is 5.69 Å². The molecule has 0 radical (unpaired) electrons. The lowest BCUT2D eigenvalue weighted by Gasteiger charge is -2.36. The van der Waals surface area contributed by atoms with E-state index in [0.29, 0.717) is 11.5 Å². The molecule has 2 aromatic rings. The molecular formula is C19H22N6O5. The van der Waals surface area contributed by atoms with Gasteiger partial charge in [0, 0.05) is 18.3 Å². The standard InChI is InChI=1S/C19H22N6O5/c1-11-10-24(17(27)16(29-11)15(26)18(28)30-19(2,3)4)14-5-6-25(23-14)13-7-12(8-20)22-21-9-13/h5-7,9,11,15-16,26H,10H2,1-4H3/t11-,15?,16-/m1/s1. The molecule has 0 bridgehead atoms. The third kappa shape index (κ3) is 4.61. The highest BCUT2D eigenvalue weighted by molar-refractivity contribution is 5.99. The van der Waals surface area contributed by atoms with Crippen LogP contribution in [-0.2, 0) is 19.1 Å². The van der Waals surface area contributed by atoms with Crippen LogP contribution in [-0.4, -0.2) is 67.4 Å². The molecular weight excluding hydrogens is 392 g/mol. The fraction of sp³-hybridized carbons (Fsp3) is 0.474. The lowest BCUT2D eigenvalue weighted by molar-refractivity contribution is -0.181. The van der Waals surface area contributed by atoms with Crippen molar-refractivity contribution in [2.75, 3.05) is 11.4 Å². The van der Waals surface area contributed by atoms with Crippen molar-refractivity contribution in [2.45, 2.75) is 51.6 Å². The fourth-order valence-corrected chi connectivity index (χ4v) is 2.89. The van der Waals surface area contributed by atoms with Crippen LogP contribution in [0.15, 0.2) is 24.5 Å². The molecule has 2 aromatic heterocycles. The molecule has 0 aromatic carbocycles. The first kappa shape index (κ1) is 21.4. The molecule has 0 saturated carbocycles. The van der Waals surface area contributed by atoms with Gasteiger partial charge in [-0.15, -0.1) is 10.2 Å². The van der Waals surface area contributed by atoms with Gasteiger partial charge in [-0.2, -0.15) is 10.4 Å². The molecule has 1 saturated heterocycles. The number of nitrogens with zero attached hydrogens (tertiary/aromatic N) is 6. The molecule has 3 rings (SSSR count). The lowest BCUT2D eigenvalue weighted by atomic mass is 10.1. The van der Waals surface area contributed by atoms with E-state index in [1.807, 2.05) is 6.07 Å². The van der Waals surface area contributed by atoms with Gasteiger partial charge in [-0.05, 0) is 27.7 Å². The molecule has 30 heavy (non-hydrogen) atoms. The van der Waals surface area contributed by atoms with E-state index < -0.39 is 35.8 Å². The maximum atomic E-state index is 12.9. The number of morpholine rings is 1. The first-order valence-electron chi connectivity index (χ1n) is 9.25. The van der Waals surface area contributed by atoms with Gasteiger partial charge in [0.2, 0.25) is 0 Å². The Morgan fingerprint density at radius 3 is 2.87 bits per heavy atom. The van der Waals surface area contributed by atoms with Crippen molar-refractivity contribution in [1.29, 1.82) is 5.26 Å². The average molecular weight is 414 g/mol. The maximum absolute atomic E-state index is 12.9. The number of hydrogen-bond donors (Lipinski definition) is 1. The van der Waals surface area contributed by atoms with Crippen molar-refractivity contribution in [3.63, 3.8) is 0 Å². The Bertz CT molecular complexity index is 992. The molecule has 11 nitrogen and oxygen atoms in total. The second kappa shape index (κ2) is 8.17. The number of carbonyl (C=O) groups is 2. The zero-order chi connectivity index (χ0) is 22.1. The van der Waals surface area contributed by atoms with E-state index in [1.54, 1.807) is 40.0 Å². The van der Waals surface area contributed by atoms with E-state index in [2.05, 4.69) is 15.3 Å². The number of aliphatic hydroxyl groups excluding tert-OH is 1. The van der Waals surface area contributed by atoms with E-state index in [9.17, 15) is 14.7 Å². The number of carbonyl (C=O) groups excluding carboxylic acids is 2. The van der Waals surface area contributed by atoms with Crippen molar-refractivity contribution in [1.82, 2.24) is 20.0 Å². The number of esters is 1. The monoisotopic (exact) mass is 414 g/mol. The summed E-state index contributed by atoms with van der Waals surface area (Å²) in [5, 5.41) is 31.1. The van der Waals surface area contributed by atoms with Crippen LogP contribution in [0.2, 0.25) is 0 Å². The first-order chi connectivity index (χ1) is 14.1. The van der Waals surface area contributed by atoms with Gasteiger partial charge >= 0.3 is 5.97 Å². The molecule has 1 aliphatic heterocycles. The minimum atomic E-state index is -1.77. The molecule has 158 valence electrons. The lowest BCUT2D eigenvalue weighted by Crippen LogP contribution is -2.57. The van der Waals surface area contributed by atoms with E-state index >= 15 is 0 Å². The molecule has 0 spiro atoms. The Kier molecular flexibility index (Phi) is 5.82. The molecule has 1 N–H and O–H groups in total. The van der Waals surface area contributed by atoms with Gasteiger partial charge in [0.05, 0.1) is 24.5 Å². The maximum Gasteiger partial charge on any atom is 0.338 e. The smallest absolute Gasteiger partial charge is 0.338 e. The molecule has 1 fully saturated rings. The summed E-state index contributed by atoms with van der Waals surface area (Å²) >= 11 is 0. The third-order valence-electron chi connectivity index (χ3n) is 4.13. The van der Waals surface area contributed by atoms with E-state index in [4.69, 9.17) is 14.7 Å². The quantitative estimate of drug-likeness (QED) is 0.701. The Morgan fingerprint density at radius 2 is 2.20 bits per heavy atom. The molecule has 11 heteroatoms. The second-order valence-electron chi connectivity index (χ2n) is 7.82. The van der Waals surface area contributed by atoms with Crippen LogP contribution >= 0.6 is 0 Å². The number of ether oxygens (including phenoxy) is 2. The van der Waals surface area contributed by atoms with E-state index in [1.165, 1.54) is 21.8 Å². The Labute approximate surface area is 172 Å². The highest BCUT2D eigenvalue weighted by Gasteiger charge is 2.43. The number of rotatable bonds is 4. The van der Waals surface area contributed by atoms with Gasteiger partial charge in [0.25, 0.3) is 5.91 Å². The predicted molar refractivity (Wildman–Crippen MR) is 102 cm³/mol. The minimum absolute atomic E-state index is 0.126. The Hall–Kier alpha value is -3.36. The van der Waals surface area contributed by atoms with Crippen molar-refractivity contribution in [3.8, 4) is 11.8 Å². The van der Waals surface area contributed by atoms with Gasteiger partial charge in [-0.3, -0.25) is 9.69 Å². The van der Waals surface area contributed by atoms with Gasteiger partial charge in [-0.1, -0.05) is 0 Å². The summed E-state index contributed by atoms with van der Waals surface area (Å²) < 4.78 is 12.1. The zero-order valence-corrected chi connectivity index (χ0v) is 17.0. The highest BCUT2D eigenvalue weighted by atomic mass is 16.6. The Morgan fingerprint density at radius 1 is 1.47 bits per heavy atom. The molecule has 1 unspecified atom stereocenters. The summed E-state index contributed by atoms with van der Waals surface area (Å²) in [7, 11) is 0. The number of anilines is 1. The summed E-state index contributed by atoms with van der Waals surface area (Å²) in [6, 6.07) is 5.00. The minimum Gasteiger partial charge on any atom is -0.458 e. The predicted octanol–water partition coefficient (Wildman–Crippen LogP) is 0.357. The largest absolute Gasteiger partial charge is 0.458 e. The van der Waals surface area contributed by atoms with Crippen LogP contribution in [0.5, 0.6) is 0 Å². The van der Waals surface area contributed by atoms with Gasteiger partial charge in [-0.25, -0.2) is 9.48 Å². The summed E-state index contributed by atoms with van der Waals surface area (Å²) in [6.45, 7) is 6.89. The van der Waals surface area contributed by atoms with Crippen LogP contribution in [0, 0.1) is 11.3 Å². The van der Waals surface area contributed by atoms with Crippen molar-refractivity contribution in [3.05, 3.63) is 30.2 Å². The molecule has 1 aliphatic rings. The molecule has 3 heterocycles. The normalized spacial score (nSPS) is 20.5. The number of aliphatic hydroxyl groups is 1. The topological polar surface area (TPSA) is 143 Å². The SMILES string of the molecule is C[C@@H]1CN(c2ccn(-c3cnnc(C#N)c3)n2)C(=O)[C@@H](C(O)C(=O)OC(C)(C)C)O1. The van der Waals surface area contributed by atoms with Crippen LogP contribution < -0.4 is 4.90 Å². The van der Waals surface area contributed by atoms with Crippen molar-refractivity contribution >= 4 is 17.7 Å². The van der Waals surface area contributed by atoms with Gasteiger partial charge in [0.15, 0.2) is 23.7 Å². The summed E-state index contributed by atoms with van der Waals surface area (Å²) in [5.41, 5.74) is -0.200. The second-order valence-corrected chi connectivity index (χ2v) is 7.82. The van der Waals surface area contributed by atoms with E-state index in [-0.39, 0.29) is 12.2 Å². The van der Waals surface area contributed by atoms with Crippen LogP contribution in [0.3, 0.4) is 0 Å². The summed E-state index contributed by atoms with van der Waals surface area (Å²) in [5.74, 6) is -1.25. The summed E-state index contributed by atoms with van der Waals surface area (Å²) in [6.07, 6.45) is -0.618. The number of amides is 1. The van der Waals surface area contributed by atoms with Gasteiger partial charge < -0.3 is 14.6 Å². The Balaban J connectivity index is 1.83. The third-order valence-corrected chi connectivity index (χ3v) is 4.13. The highest BCUT2D eigenvalue weighted by Crippen LogP contribution is 2.23. The van der Waals surface area contributed by atoms with E-state index in [0.717, 1.165) is 0 Å². The number of nitriles is 1. The van der Waals surface area contributed by atoms with Gasteiger partial charge in [0.1, 0.15) is 11.7 Å². The van der Waals surface area contributed by atoms with Crippen molar-refractivity contribution < 1.29 is 24.2 Å². The van der Waals surface area contributed by atoms with Crippen molar-refractivity contribution in [2.24, 2.45) is 0 Å². The average Bonchev–Trinajstić information content (AvgIpc) is 3.17. The first-order valence-corrected chi connectivity index (χ1v) is 9.25. The molecule has 1 amide bonds.